The Kier molecular flexibility index (Phi) is 4.71. The molecule has 2 rings (SSSR count). The first-order valence-corrected chi connectivity index (χ1v) is 7.57. The third kappa shape index (κ3) is 4.50. The van der Waals surface area contributed by atoms with E-state index in [1.54, 1.807) is 13.8 Å². The minimum absolute atomic E-state index is 0.0402. The highest BCUT2D eigenvalue weighted by atomic mass is 35.5. The van der Waals surface area contributed by atoms with E-state index in [2.05, 4.69) is 0 Å². The van der Waals surface area contributed by atoms with Crippen molar-refractivity contribution in [2.45, 2.75) is 38.6 Å². The molecule has 3 nitrogen and oxygen atoms in total. The molecular formula is C16H23ClN2O. The predicted molar refractivity (Wildman–Crippen MR) is 82.7 cm³/mol. The zero-order valence-corrected chi connectivity index (χ0v) is 13.0. The van der Waals surface area contributed by atoms with Gasteiger partial charge in [-0.15, -0.1) is 0 Å². The Bertz CT molecular complexity index is 460. The Labute approximate surface area is 126 Å². The SMILES string of the molecule is CC(C)(N)C(=O)N(CCc1ccc(Cl)cc1)CC1CC1. The molecule has 2 N–H and O–H groups in total. The number of nitrogens with two attached hydrogens (primary N) is 1. The van der Waals surface area contributed by atoms with Crippen LogP contribution < -0.4 is 5.73 Å². The number of hydrogen-bond donors (Lipinski definition) is 1. The minimum atomic E-state index is -0.797. The van der Waals surface area contributed by atoms with E-state index >= 15 is 0 Å². The van der Waals surface area contributed by atoms with Gasteiger partial charge in [-0.2, -0.15) is 0 Å². The number of amides is 1. The second-order valence-electron chi connectivity index (χ2n) is 6.29. The summed E-state index contributed by atoms with van der Waals surface area (Å²) in [6.45, 7) is 5.11. The Morgan fingerprint density at radius 1 is 1.35 bits per heavy atom. The van der Waals surface area contributed by atoms with E-state index < -0.39 is 5.54 Å². The molecule has 0 heterocycles. The molecule has 1 aromatic rings. The normalized spacial score (nSPS) is 15.2. The van der Waals surface area contributed by atoms with Crippen molar-refractivity contribution in [1.82, 2.24) is 4.90 Å². The number of benzene rings is 1. The van der Waals surface area contributed by atoms with Gasteiger partial charge in [0, 0.05) is 18.1 Å². The number of hydrogen-bond acceptors (Lipinski definition) is 2. The number of halogens is 1. The average molecular weight is 295 g/mol. The summed E-state index contributed by atoms with van der Waals surface area (Å²) >= 11 is 5.88. The molecule has 20 heavy (non-hydrogen) atoms. The van der Waals surface area contributed by atoms with Crippen LogP contribution in [0.25, 0.3) is 0 Å². The Balaban J connectivity index is 1.96. The van der Waals surface area contributed by atoms with Crippen molar-refractivity contribution >= 4 is 17.5 Å². The fourth-order valence-corrected chi connectivity index (χ4v) is 2.34. The quantitative estimate of drug-likeness (QED) is 0.877. The number of nitrogens with zero attached hydrogens (tertiary/aromatic N) is 1. The highest BCUT2D eigenvalue weighted by molar-refractivity contribution is 6.30. The van der Waals surface area contributed by atoms with Gasteiger partial charge in [-0.25, -0.2) is 0 Å². The van der Waals surface area contributed by atoms with Crippen molar-refractivity contribution in [1.29, 1.82) is 0 Å². The molecule has 1 amide bonds. The Morgan fingerprint density at radius 3 is 2.45 bits per heavy atom. The number of carbonyl (C=O) groups excluding carboxylic acids is 1. The lowest BCUT2D eigenvalue weighted by molar-refractivity contribution is -0.136. The molecule has 1 saturated carbocycles. The number of carbonyl (C=O) groups is 1. The molecule has 0 aliphatic heterocycles. The molecular weight excluding hydrogens is 272 g/mol. The summed E-state index contributed by atoms with van der Waals surface area (Å²) in [6.07, 6.45) is 3.30. The van der Waals surface area contributed by atoms with Crippen LogP contribution in [0.2, 0.25) is 5.02 Å². The fraction of sp³-hybridized carbons (Fsp3) is 0.562. The van der Waals surface area contributed by atoms with E-state index in [-0.39, 0.29) is 5.91 Å². The molecule has 0 radical (unpaired) electrons. The first kappa shape index (κ1) is 15.3. The fourth-order valence-electron chi connectivity index (χ4n) is 2.21. The van der Waals surface area contributed by atoms with Gasteiger partial charge in [0.25, 0.3) is 0 Å². The first-order valence-electron chi connectivity index (χ1n) is 7.19. The summed E-state index contributed by atoms with van der Waals surface area (Å²) in [5.74, 6) is 0.713. The Morgan fingerprint density at radius 2 is 1.95 bits per heavy atom. The average Bonchev–Trinajstić information content (AvgIpc) is 3.18. The first-order chi connectivity index (χ1) is 9.36. The third-order valence-electron chi connectivity index (χ3n) is 3.60. The summed E-state index contributed by atoms with van der Waals surface area (Å²) in [4.78, 5) is 14.3. The molecule has 1 fully saturated rings. The molecule has 1 aliphatic rings. The molecule has 110 valence electrons. The van der Waals surface area contributed by atoms with Crippen molar-refractivity contribution < 1.29 is 4.79 Å². The number of rotatable bonds is 6. The van der Waals surface area contributed by atoms with Crippen molar-refractivity contribution in [3.63, 3.8) is 0 Å². The largest absolute Gasteiger partial charge is 0.341 e. The van der Waals surface area contributed by atoms with Gasteiger partial charge in [-0.3, -0.25) is 4.79 Å². The second-order valence-corrected chi connectivity index (χ2v) is 6.73. The van der Waals surface area contributed by atoms with E-state index in [9.17, 15) is 4.79 Å². The van der Waals surface area contributed by atoms with Crippen LogP contribution in [0.5, 0.6) is 0 Å². The lowest BCUT2D eigenvalue weighted by Gasteiger charge is -2.29. The second kappa shape index (κ2) is 6.15. The lowest BCUT2D eigenvalue weighted by Crippen LogP contribution is -2.52. The summed E-state index contributed by atoms with van der Waals surface area (Å²) in [5.41, 5.74) is 6.35. The smallest absolute Gasteiger partial charge is 0.242 e. The molecule has 0 unspecified atom stereocenters. The van der Waals surface area contributed by atoms with Crippen LogP contribution in [-0.4, -0.2) is 29.4 Å². The van der Waals surface area contributed by atoms with Crippen LogP contribution in [0.4, 0.5) is 0 Å². The van der Waals surface area contributed by atoms with Gasteiger partial charge in [-0.05, 0) is 56.7 Å². The van der Waals surface area contributed by atoms with E-state index in [0.29, 0.717) is 5.92 Å². The maximum absolute atomic E-state index is 12.4. The molecule has 4 heteroatoms. The van der Waals surface area contributed by atoms with Gasteiger partial charge in [0.05, 0.1) is 5.54 Å². The standard InChI is InChI=1S/C16H23ClN2O/c1-16(2,18)15(20)19(11-13-3-4-13)10-9-12-5-7-14(17)8-6-12/h5-8,13H,3-4,9-11,18H2,1-2H3. The summed E-state index contributed by atoms with van der Waals surface area (Å²) in [6, 6.07) is 7.79. The van der Waals surface area contributed by atoms with Crippen LogP contribution in [0.1, 0.15) is 32.3 Å². The maximum Gasteiger partial charge on any atom is 0.242 e. The zero-order chi connectivity index (χ0) is 14.8. The third-order valence-corrected chi connectivity index (χ3v) is 3.85. The molecule has 0 spiro atoms. The van der Waals surface area contributed by atoms with Crippen molar-refractivity contribution in [2.75, 3.05) is 13.1 Å². The van der Waals surface area contributed by atoms with E-state index in [1.165, 1.54) is 18.4 Å². The van der Waals surface area contributed by atoms with Crippen molar-refractivity contribution in [2.24, 2.45) is 11.7 Å². The maximum atomic E-state index is 12.4. The van der Waals surface area contributed by atoms with Crippen LogP contribution in [0, 0.1) is 5.92 Å². The van der Waals surface area contributed by atoms with Crippen LogP contribution in [0.15, 0.2) is 24.3 Å². The molecule has 0 saturated heterocycles. The lowest BCUT2D eigenvalue weighted by atomic mass is 10.0. The van der Waals surface area contributed by atoms with Crippen molar-refractivity contribution in [3.05, 3.63) is 34.9 Å². The topological polar surface area (TPSA) is 46.3 Å². The van der Waals surface area contributed by atoms with E-state index in [4.69, 9.17) is 17.3 Å². The molecule has 1 aromatic carbocycles. The van der Waals surface area contributed by atoms with Gasteiger partial charge in [0.15, 0.2) is 0 Å². The highest BCUT2D eigenvalue weighted by Gasteiger charge is 2.32. The van der Waals surface area contributed by atoms with Crippen molar-refractivity contribution in [3.8, 4) is 0 Å². The van der Waals surface area contributed by atoms with Gasteiger partial charge < -0.3 is 10.6 Å². The summed E-state index contributed by atoms with van der Waals surface area (Å²) in [7, 11) is 0. The van der Waals surface area contributed by atoms with Gasteiger partial charge in [0.1, 0.15) is 0 Å². The molecule has 0 aromatic heterocycles. The molecule has 1 aliphatic carbocycles. The highest BCUT2D eigenvalue weighted by Crippen LogP contribution is 2.30. The van der Waals surface area contributed by atoms with Gasteiger partial charge in [-0.1, -0.05) is 23.7 Å². The minimum Gasteiger partial charge on any atom is -0.341 e. The summed E-state index contributed by atoms with van der Waals surface area (Å²) < 4.78 is 0. The Hall–Kier alpha value is -1.06. The van der Waals surface area contributed by atoms with Crippen LogP contribution in [-0.2, 0) is 11.2 Å². The molecule has 0 atom stereocenters. The predicted octanol–water partition coefficient (Wildman–Crippen LogP) is 2.86. The monoisotopic (exact) mass is 294 g/mol. The zero-order valence-electron chi connectivity index (χ0n) is 12.2. The van der Waals surface area contributed by atoms with Gasteiger partial charge in [0.2, 0.25) is 5.91 Å². The van der Waals surface area contributed by atoms with Crippen LogP contribution >= 0.6 is 11.6 Å². The summed E-state index contributed by atoms with van der Waals surface area (Å²) in [5, 5.41) is 0.739. The van der Waals surface area contributed by atoms with Crippen LogP contribution in [0.3, 0.4) is 0 Å². The van der Waals surface area contributed by atoms with E-state index in [1.807, 2.05) is 29.2 Å². The van der Waals surface area contributed by atoms with E-state index in [0.717, 1.165) is 24.5 Å². The molecule has 0 bridgehead atoms. The van der Waals surface area contributed by atoms with Gasteiger partial charge >= 0.3 is 0 Å².